The van der Waals surface area contributed by atoms with Crippen LogP contribution in [0.5, 0.6) is 11.5 Å². The molecule has 1 N–H and O–H groups in total. The maximum absolute atomic E-state index is 13.3. The highest BCUT2D eigenvalue weighted by molar-refractivity contribution is 8.04. The van der Waals surface area contributed by atoms with Gasteiger partial charge in [-0.05, 0) is 17.7 Å². The highest BCUT2D eigenvalue weighted by Gasteiger charge is 2.40. The molecule has 2 aromatic carbocycles. The third-order valence-corrected chi connectivity index (χ3v) is 5.39. The monoisotopic (exact) mass is 430 g/mol. The van der Waals surface area contributed by atoms with E-state index < -0.39 is 16.7 Å². The first-order valence-electron chi connectivity index (χ1n) is 8.76. The Morgan fingerprint density at radius 1 is 1.03 bits per heavy atom. The second-order valence-corrected chi connectivity index (χ2v) is 7.20. The first-order chi connectivity index (χ1) is 14.4. The molecule has 0 radical (unpaired) electrons. The molecule has 0 atom stereocenters. The van der Waals surface area contributed by atoms with Gasteiger partial charge in [0.25, 0.3) is 17.5 Å². The van der Waals surface area contributed by atoms with Crippen LogP contribution in [0.15, 0.2) is 47.4 Å². The number of nitro benzene ring substituents is 1. The number of aliphatic hydroxyl groups is 1. The number of nitrogens with zero attached hydrogens (tertiary/aromatic N) is 2. The number of hydrogen-bond acceptors (Lipinski definition) is 8. The molecule has 0 saturated heterocycles. The van der Waals surface area contributed by atoms with Crippen molar-refractivity contribution in [1.29, 1.82) is 0 Å². The van der Waals surface area contributed by atoms with Gasteiger partial charge in [-0.25, -0.2) is 4.90 Å². The number of methoxy groups -OCH3 is 2. The van der Waals surface area contributed by atoms with Crippen molar-refractivity contribution in [3.8, 4) is 11.5 Å². The second kappa shape index (κ2) is 8.97. The molecule has 0 saturated carbocycles. The zero-order chi connectivity index (χ0) is 21.8. The van der Waals surface area contributed by atoms with Crippen molar-refractivity contribution in [2.75, 3.05) is 31.5 Å². The fourth-order valence-electron chi connectivity index (χ4n) is 2.95. The molecule has 0 fully saturated rings. The molecular weight excluding hydrogens is 412 g/mol. The molecule has 30 heavy (non-hydrogen) atoms. The van der Waals surface area contributed by atoms with Crippen LogP contribution in [0.3, 0.4) is 0 Å². The molecular formula is C20H18N2O7S. The number of thioether (sulfide) groups is 1. The number of nitro groups is 1. The van der Waals surface area contributed by atoms with Gasteiger partial charge in [0.15, 0.2) is 0 Å². The minimum absolute atomic E-state index is 0.120. The summed E-state index contributed by atoms with van der Waals surface area (Å²) < 4.78 is 10.4. The number of carbonyl (C=O) groups is 2. The third-order valence-electron chi connectivity index (χ3n) is 4.34. The normalized spacial score (nSPS) is 13.8. The van der Waals surface area contributed by atoms with Crippen molar-refractivity contribution in [1.82, 2.24) is 0 Å². The Bertz CT molecular complexity index is 1010. The molecule has 1 aliphatic heterocycles. The van der Waals surface area contributed by atoms with Crippen LogP contribution < -0.4 is 14.4 Å². The summed E-state index contributed by atoms with van der Waals surface area (Å²) in [6.07, 6.45) is 0. The number of benzene rings is 2. The van der Waals surface area contributed by atoms with Gasteiger partial charge in [-0.15, -0.1) is 11.8 Å². The zero-order valence-corrected chi connectivity index (χ0v) is 17.0. The van der Waals surface area contributed by atoms with Crippen molar-refractivity contribution in [3.05, 3.63) is 63.0 Å². The van der Waals surface area contributed by atoms with Crippen LogP contribution >= 0.6 is 11.8 Å². The maximum Gasteiger partial charge on any atom is 0.272 e. The van der Waals surface area contributed by atoms with Crippen molar-refractivity contribution >= 4 is 40.5 Å². The average Bonchev–Trinajstić information content (AvgIpc) is 3.01. The Kier molecular flexibility index (Phi) is 6.38. The van der Waals surface area contributed by atoms with Crippen LogP contribution in [0.4, 0.5) is 11.4 Å². The summed E-state index contributed by atoms with van der Waals surface area (Å²) >= 11 is 1.05. The molecule has 0 unspecified atom stereocenters. The molecule has 0 spiro atoms. The fraction of sp³-hybridized carbons (Fsp3) is 0.200. The summed E-state index contributed by atoms with van der Waals surface area (Å²) in [5.74, 6) is -0.122. The van der Waals surface area contributed by atoms with Crippen LogP contribution in [0.1, 0.15) is 5.56 Å². The number of hydrogen-bond donors (Lipinski definition) is 1. The van der Waals surface area contributed by atoms with Gasteiger partial charge in [-0.1, -0.05) is 0 Å². The van der Waals surface area contributed by atoms with Crippen molar-refractivity contribution in [3.63, 3.8) is 0 Å². The molecule has 0 bridgehead atoms. The van der Waals surface area contributed by atoms with Gasteiger partial charge in [0, 0.05) is 36.1 Å². The Hall–Kier alpha value is -3.37. The molecule has 2 amide bonds. The molecule has 1 heterocycles. The van der Waals surface area contributed by atoms with Crippen LogP contribution in [0, 0.1) is 10.1 Å². The molecule has 3 rings (SSSR count). The fourth-order valence-corrected chi connectivity index (χ4v) is 3.81. The summed E-state index contributed by atoms with van der Waals surface area (Å²) in [4.78, 5) is 37.9. The number of non-ortho nitro benzene ring substituents is 1. The van der Waals surface area contributed by atoms with Crippen molar-refractivity contribution in [2.24, 2.45) is 0 Å². The number of rotatable bonds is 8. The van der Waals surface area contributed by atoms with Crippen LogP contribution in [0.25, 0.3) is 5.57 Å². The lowest BCUT2D eigenvalue weighted by Crippen LogP contribution is -2.31. The largest absolute Gasteiger partial charge is 0.497 e. The van der Waals surface area contributed by atoms with E-state index in [-0.39, 0.29) is 34.2 Å². The topological polar surface area (TPSA) is 119 Å². The summed E-state index contributed by atoms with van der Waals surface area (Å²) in [5, 5.41) is 20.1. The number of imide groups is 1. The van der Waals surface area contributed by atoms with Gasteiger partial charge in [0.05, 0.1) is 41.9 Å². The summed E-state index contributed by atoms with van der Waals surface area (Å²) in [6.45, 7) is -0.184. The standard InChI is InChI=1S/C20H18N2O7S/c1-28-15-9-14(10-16(11-15)29-2)21-19(24)17(18(20(21)25)30-8-7-23)12-3-5-13(6-4-12)22(26)27/h3-6,9-11,23H,7-8H2,1-2H3. The predicted molar refractivity (Wildman–Crippen MR) is 112 cm³/mol. The van der Waals surface area contributed by atoms with Crippen LogP contribution in [-0.4, -0.2) is 48.4 Å². The molecule has 156 valence electrons. The van der Waals surface area contributed by atoms with E-state index in [1.165, 1.54) is 50.6 Å². The van der Waals surface area contributed by atoms with Crippen molar-refractivity contribution < 1.29 is 29.1 Å². The Morgan fingerprint density at radius 2 is 1.63 bits per heavy atom. The Balaban J connectivity index is 2.08. The molecule has 10 heteroatoms. The highest BCUT2D eigenvalue weighted by Crippen LogP contribution is 2.40. The molecule has 9 nitrogen and oxygen atoms in total. The first kappa shape index (κ1) is 21.3. The predicted octanol–water partition coefficient (Wildman–Crippen LogP) is 2.62. The lowest BCUT2D eigenvalue weighted by atomic mass is 10.1. The van der Waals surface area contributed by atoms with E-state index in [9.17, 15) is 24.8 Å². The van der Waals surface area contributed by atoms with Gasteiger partial charge >= 0.3 is 0 Å². The van der Waals surface area contributed by atoms with Crippen LogP contribution in [-0.2, 0) is 9.59 Å². The Morgan fingerprint density at radius 3 is 2.13 bits per heavy atom. The van der Waals surface area contributed by atoms with E-state index >= 15 is 0 Å². The number of anilines is 1. The van der Waals surface area contributed by atoms with Gasteiger partial charge in [0.1, 0.15) is 11.5 Å². The van der Waals surface area contributed by atoms with E-state index in [0.717, 1.165) is 16.7 Å². The summed E-state index contributed by atoms with van der Waals surface area (Å²) in [5.41, 5.74) is 0.627. The van der Waals surface area contributed by atoms with Gasteiger partial charge < -0.3 is 14.6 Å². The number of aliphatic hydroxyl groups excluding tert-OH is 1. The molecule has 2 aromatic rings. The van der Waals surface area contributed by atoms with E-state index in [4.69, 9.17) is 9.47 Å². The molecule has 0 aliphatic carbocycles. The zero-order valence-electron chi connectivity index (χ0n) is 16.2. The summed E-state index contributed by atoms with van der Waals surface area (Å²) in [6, 6.07) is 10.1. The quantitative estimate of drug-likeness (QED) is 0.386. The number of ether oxygens (including phenoxy) is 2. The van der Waals surface area contributed by atoms with E-state index in [0.29, 0.717) is 17.1 Å². The smallest absolute Gasteiger partial charge is 0.272 e. The first-order valence-corrected chi connectivity index (χ1v) is 9.74. The second-order valence-electron chi connectivity index (χ2n) is 6.10. The highest BCUT2D eigenvalue weighted by atomic mass is 32.2. The van der Waals surface area contributed by atoms with Gasteiger partial charge in [0.2, 0.25) is 0 Å². The van der Waals surface area contributed by atoms with Crippen LogP contribution in [0.2, 0.25) is 0 Å². The van der Waals surface area contributed by atoms with E-state index in [2.05, 4.69) is 0 Å². The van der Waals surface area contributed by atoms with Crippen molar-refractivity contribution in [2.45, 2.75) is 0 Å². The van der Waals surface area contributed by atoms with Gasteiger partial charge in [-0.3, -0.25) is 19.7 Å². The van der Waals surface area contributed by atoms with Gasteiger partial charge in [-0.2, -0.15) is 0 Å². The van der Waals surface area contributed by atoms with E-state index in [1.54, 1.807) is 6.07 Å². The lowest BCUT2D eigenvalue weighted by molar-refractivity contribution is -0.384. The third kappa shape index (κ3) is 4.00. The molecule has 0 aromatic heterocycles. The number of amides is 2. The summed E-state index contributed by atoms with van der Waals surface area (Å²) in [7, 11) is 2.91. The Labute approximate surface area is 176 Å². The lowest BCUT2D eigenvalue weighted by Gasteiger charge is -2.17. The average molecular weight is 430 g/mol. The minimum Gasteiger partial charge on any atom is -0.497 e. The number of carbonyl (C=O) groups excluding carboxylic acids is 2. The minimum atomic E-state index is -0.579. The molecule has 1 aliphatic rings. The maximum atomic E-state index is 13.3. The SMILES string of the molecule is COc1cc(OC)cc(N2C(=O)C(SCCO)=C(c3ccc([N+](=O)[O-])cc3)C2=O)c1. The van der Waals surface area contributed by atoms with E-state index in [1.807, 2.05) is 0 Å².